The number of benzene rings is 1. The Bertz CT molecular complexity index is 677. The van der Waals surface area contributed by atoms with Crippen LogP contribution in [0.4, 0.5) is 4.39 Å². The van der Waals surface area contributed by atoms with Gasteiger partial charge in [-0.3, -0.25) is 5.10 Å². The maximum atomic E-state index is 12.9. The molecule has 2 heterocycles. The molecule has 0 aliphatic rings. The molecule has 1 unspecified atom stereocenters. The van der Waals surface area contributed by atoms with Crippen molar-refractivity contribution in [2.24, 2.45) is 0 Å². The Balaban J connectivity index is 1.73. The number of aromatic amines is 1. The van der Waals surface area contributed by atoms with Crippen molar-refractivity contribution in [3.63, 3.8) is 0 Å². The molecular weight excluding hydrogens is 293 g/mol. The van der Waals surface area contributed by atoms with Crippen molar-refractivity contribution in [2.75, 3.05) is 0 Å². The van der Waals surface area contributed by atoms with E-state index in [1.54, 1.807) is 35.2 Å². The number of H-pyrrole nitrogens is 1. The fraction of sp³-hybridized carbons (Fsp3) is 0.143. The average molecular weight is 305 g/mol. The number of rotatable bonds is 4. The van der Waals surface area contributed by atoms with Crippen LogP contribution in [0, 0.1) is 5.82 Å². The van der Waals surface area contributed by atoms with Gasteiger partial charge in [0, 0.05) is 5.25 Å². The van der Waals surface area contributed by atoms with Gasteiger partial charge in [0.25, 0.3) is 0 Å². The molecule has 1 N–H and O–H groups in total. The fourth-order valence-corrected chi connectivity index (χ4v) is 3.30. The Hall–Kier alpha value is -1.66. The Morgan fingerprint density at radius 3 is 2.75 bits per heavy atom. The molecule has 20 heavy (non-hydrogen) atoms. The van der Waals surface area contributed by atoms with E-state index in [1.165, 1.54) is 12.1 Å². The third kappa shape index (κ3) is 2.91. The summed E-state index contributed by atoms with van der Waals surface area (Å²) in [6.07, 6.45) is 0. The number of hydrogen-bond donors (Lipinski definition) is 1. The number of aromatic nitrogens is 3. The molecule has 0 radical (unpaired) electrons. The van der Waals surface area contributed by atoms with Crippen molar-refractivity contribution >= 4 is 23.1 Å². The summed E-state index contributed by atoms with van der Waals surface area (Å²) in [7, 11) is 0. The van der Waals surface area contributed by atoms with Crippen LogP contribution >= 0.6 is 23.1 Å². The topological polar surface area (TPSA) is 41.6 Å². The standard InChI is InChI=1S/C14H12FN3S2/c1-9(10-4-6-11(15)7-5-10)20-14-16-13(17-18-14)12-3-2-8-19-12/h2-9H,1H3,(H,16,17,18). The molecular formula is C14H12FN3S2. The second-order valence-electron chi connectivity index (χ2n) is 4.26. The zero-order chi connectivity index (χ0) is 13.9. The molecule has 3 aromatic rings. The number of halogens is 1. The molecule has 6 heteroatoms. The van der Waals surface area contributed by atoms with Crippen LogP contribution in [0.5, 0.6) is 0 Å². The summed E-state index contributed by atoms with van der Waals surface area (Å²) >= 11 is 3.17. The van der Waals surface area contributed by atoms with Crippen LogP contribution in [-0.4, -0.2) is 15.2 Å². The second kappa shape index (κ2) is 5.76. The number of thioether (sulfide) groups is 1. The quantitative estimate of drug-likeness (QED) is 0.720. The molecule has 3 rings (SSSR count). The molecule has 0 aliphatic heterocycles. The van der Waals surface area contributed by atoms with E-state index in [0.29, 0.717) is 5.16 Å². The summed E-state index contributed by atoms with van der Waals surface area (Å²) in [5.41, 5.74) is 1.05. The van der Waals surface area contributed by atoms with Gasteiger partial charge in [0.15, 0.2) is 5.82 Å². The van der Waals surface area contributed by atoms with Crippen LogP contribution in [-0.2, 0) is 0 Å². The van der Waals surface area contributed by atoms with Crippen LogP contribution in [0.15, 0.2) is 46.9 Å². The summed E-state index contributed by atoms with van der Waals surface area (Å²) in [5, 5.41) is 10.0. The predicted octanol–water partition coefficient (Wildman–Crippen LogP) is 4.53. The first-order chi connectivity index (χ1) is 9.72. The lowest BCUT2D eigenvalue weighted by Gasteiger charge is -2.08. The van der Waals surface area contributed by atoms with Gasteiger partial charge in [0.2, 0.25) is 5.16 Å². The lowest BCUT2D eigenvalue weighted by molar-refractivity contribution is 0.627. The van der Waals surface area contributed by atoms with Crippen molar-refractivity contribution in [3.05, 3.63) is 53.2 Å². The summed E-state index contributed by atoms with van der Waals surface area (Å²) < 4.78 is 12.9. The summed E-state index contributed by atoms with van der Waals surface area (Å²) in [6, 6.07) is 10.5. The number of thiophene rings is 1. The third-order valence-electron chi connectivity index (χ3n) is 2.84. The van der Waals surface area contributed by atoms with E-state index in [0.717, 1.165) is 16.3 Å². The first-order valence-electron chi connectivity index (χ1n) is 6.11. The molecule has 2 aromatic heterocycles. The normalized spacial score (nSPS) is 12.5. The second-order valence-corrected chi connectivity index (χ2v) is 6.51. The Kier molecular flexibility index (Phi) is 3.84. The van der Waals surface area contributed by atoms with Crippen molar-refractivity contribution in [3.8, 4) is 10.7 Å². The highest BCUT2D eigenvalue weighted by Crippen LogP contribution is 2.33. The Morgan fingerprint density at radius 1 is 1.25 bits per heavy atom. The van der Waals surface area contributed by atoms with Crippen molar-refractivity contribution in [1.29, 1.82) is 0 Å². The maximum absolute atomic E-state index is 12.9. The third-order valence-corrected chi connectivity index (χ3v) is 4.74. The first kappa shape index (κ1) is 13.3. The van der Waals surface area contributed by atoms with E-state index in [-0.39, 0.29) is 11.1 Å². The molecule has 3 nitrogen and oxygen atoms in total. The van der Waals surface area contributed by atoms with Gasteiger partial charge in [-0.2, -0.15) is 0 Å². The van der Waals surface area contributed by atoms with Crippen LogP contribution in [0.1, 0.15) is 17.7 Å². The molecule has 0 saturated heterocycles. The van der Waals surface area contributed by atoms with E-state index >= 15 is 0 Å². The van der Waals surface area contributed by atoms with E-state index in [1.807, 2.05) is 17.5 Å². The number of hydrogen-bond acceptors (Lipinski definition) is 4. The largest absolute Gasteiger partial charge is 0.257 e. The minimum atomic E-state index is -0.219. The van der Waals surface area contributed by atoms with Gasteiger partial charge in [-0.15, -0.1) is 16.4 Å². The van der Waals surface area contributed by atoms with Crippen molar-refractivity contribution in [1.82, 2.24) is 15.2 Å². The smallest absolute Gasteiger partial charge is 0.209 e. The van der Waals surface area contributed by atoms with E-state index in [2.05, 4.69) is 22.1 Å². The summed E-state index contributed by atoms with van der Waals surface area (Å²) in [6.45, 7) is 2.05. The lowest BCUT2D eigenvalue weighted by atomic mass is 10.2. The van der Waals surface area contributed by atoms with Gasteiger partial charge in [-0.05, 0) is 36.1 Å². The Labute approximate surface area is 124 Å². The highest BCUT2D eigenvalue weighted by molar-refractivity contribution is 7.99. The van der Waals surface area contributed by atoms with Gasteiger partial charge >= 0.3 is 0 Å². The first-order valence-corrected chi connectivity index (χ1v) is 7.87. The van der Waals surface area contributed by atoms with Gasteiger partial charge in [0.1, 0.15) is 5.82 Å². The molecule has 0 bridgehead atoms. The van der Waals surface area contributed by atoms with Crippen molar-refractivity contribution < 1.29 is 4.39 Å². The van der Waals surface area contributed by atoms with Crippen molar-refractivity contribution in [2.45, 2.75) is 17.3 Å². The van der Waals surface area contributed by atoms with Crippen LogP contribution in [0.25, 0.3) is 10.7 Å². The molecule has 0 saturated carbocycles. The lowest BCUT2D eigenvalue weighted by Crippen LogP contribution is -1.89. The van der Waals surface area contributed by atoms with Gasteiger partial charge in [0.05, 0.1) is 4.88 Å². The van der Waals surface area contributed by atoms with Crippen LogP contribution in [0.3, 0.4) is 0 Å². The van der Waals surface area contributed by atoms with Crippen LogP contribution in [0.2, 0.25) is 0 Å². The molecule has 0 amide bonds. The van der Waals surface area contributed by atoms with Gasteiger partial charge in [-0.25, -0.2) is 9.37 Å². The zero-order valence-electron chi connectivity index (χ0n) is 10.7. The molecule has 0 spiro atoms. The molecule has 1 atom stereocenters. The number of nitrogens with one attached hydrogen (secondary N) is 1. The number of nitrogens with zero attached hydrogens (tertiary/aromatic N) is 2. The SMILES string of the molecule is CC(Sc1n[nH]c(-c2cccs2)n1)c1ccc(F)cc1. The monoisotopic (exact) mass is 305 g/mol. The van der Waals surface area contributed by atoms with Gasteiger partial charge in [-0.1, -0.05) is 30.0 Å². The minimum absolute atomic E-state index is 0.169. The Morgan fingerprint density at radius 2 is 2.05 bits per heavy atom. The van der Waals surface area contributed by atoms with E-state index in [9.17, 15) is 4.39 Å². The molecule has 1 aromatic carbocycles. The average Bonchev–Trinajstić information content (AvgIpc) is 3.09. The van der Waals surface area contributed by atoms with E-state index < -0.39 is 0 Å². The zero-order valence-corrected chi connectivity index (χ0v) is 12.3. The van der Waals surface area contributed by atoms with Crippen LogP contribution < -0.4 is 0 Å². The predicted molar refractivity (Wildman–Crippen MR) is 80.4 cm³/mol. The summed E-state index contributed by atoms with van der Waals surface area (Å²) in [4.78, 5) is 5.54. The van der Waals surface area contributed by atoms with E-state index in [4.69, 9.17) is 0 Å². The fourth-order valence-electron chi connectivity index (χ4n) is 1.78. The maximum Gasteiger partial charge on any atom is 0.209 e. The highest BCUT2D eigenvalue weighted by atomic mass is 32.2. The highest BCUT2D eigenvalue weighted by Gasteiger charge is 2.12. The molecule has 102 valence electrons. The molecule has 0 fully saturated rings. The molecule has 0 aliphatic carbocycles. The van der Waals surface area contributed by atoms with Gasteiger partial charge < -0.3 is 0 Å². The minimum Gasteiger partial charge on any atom is -0.257 e. The summed E-state index contributed by atoms with van der Waals surface area (Å²) in [5.74, 6) is 0.567.